The standard InChI is InChI=1S/C13H21BrN2O/c1-4-16(2)12-6-5-11(13(14)9-12)10-15-7-8-17-3/h5-6,9,15H,4,7-8,10H2,1-3H3. The van der Waals surface area contributed by atoms with Crippen molar-refractivity contribution in [2.75, 3.05) is 38.8 Å². The van der Waals surface area contributed by atoms with Crippen LogP contribution in [0, 0.1) is 0 Å². The normalized spacial score (nSPS) is 10.6. The highest BCUT2D eigenvalue weighted by Gasteiger charge is 2.03. The van der Waals surface area contributed by atoms with Crippen LogP contribution in [0.25, 0.3) is 0 Å². The van der Waals surface area contributed by atoms with Gasteiger partial charge in [-0.3, -0.25) is 0 Å². The number of methoxy groups -OCH3 is 1. The van der Waals surface area contributed by atoms with Crippen LogP contribution in [0.4, 0.5) is 5.69 Å². The average Bonchev–Trinajstić information content (AvgIpc) is 2.35. The molecule has 0 spiro atoms. The summed E-state index contributed by atoms with van der Waals surface area (Å²) in [6, 6.07) is 6.48. The smallest absolute Gasteiger partial charge is 0.0587 e. The molecule has 3 nitrogen and oxygen atoms in total. The number of benzene rings is 1. The lowest BCUT2D eigenvalue weighted by Crippen LogP contribution is -2.19. The minimum Gasteiger partial charge on any atom is -0.383 e. The molecular formula is C13H21BrN2O. The molecule has 4 heteroatoms. The Morgan fingerprint density at radius 1 is 1.41 bits per heavy atom. The molecule has 1 rings (SSSR count). The highest BCUT2D eigenvalue weighted by Crippen LogP contribution is 2.23. The first-order valence-electron chi connectivity index (χ1n) is 5.88. The van der Waals surface area contributed by atoms with E-state index < -0.39 is 0 Å². The first kappa shape index (κ1) is 14.5. The number of halogens is 1. The molecule has 96 valence electrons. The molecule has 0 atom stereocenters. The molecule has 0 heterocycles. The molecule has 17 heavy (non-hydrogen) atoms. The fourth-order valence-corrected chi connectivity index (χ4v) is 2.00. The molecule has 1 aromatic carbocycles. The van der Waals surface area contributed by atoms with Gasteiger partial charge >= 0.3 is 0 Å². The Hall–Kier alpha value is -0.580. The maximum Gasteiger partial charge on any atom is 0.0587 e. The highest BCUT2D eigenvalue weighted by molar-refractivity contribution is 9.10. The third-order valence-electron chi connectivity index (χ3n) is 2.75. The Morgan fingerprint density at radius 3 is 2.76 bits per heavy atom. The van der Waals surface area contributed by atoms with E-state index in [1.807, 2.05) is 0 Å². The molecule has 1 N–H and O–H groups in total. The van der Waals surface area contributed by atoms with Gasteiger partial charge in [0.2, 0.25) is 0 Å². The van der Waals surface area contributed by atoms with Crippen molar-refractivity contribution < 1.29 is 4.74 Å². The second kappa shape index (κ2) is 7.69. The lowest BCUT2D eigenvalue weighted by atomic mass is 10.2. The first-order valence-corrected chi connectivity index (χ1v) is 6.67. The zero-order valence-electron chi connectivity index (χ0n) is 10.8. The average molecular weight is 301 g/mol. The highest BCUT2D eigenvalue weighted by atomic mass is 79.9. The Morgan fingerprint density at radius 2 is 2.18 bits per heavy atom. The Kier molecular flexibility index (Phi) is 6.55. The van der Waals surface area contributed by atoms with Crippen molar-refractivity contribution in [3.05, 3.63) is 28.2 Å². The van der Waals surface area contributed by atoms with Crippen LogP contribution in [0.2, 0.25) is 0 Å². The van der Waals surface area contributed by atoms with Crippen LogP contribution in [0.15, 0.2) is 22.7 Å². The molecular weight excluding hydrogens is 280 g/mol. The van der Waals surface area contributed by atoms with Crippen molar-refractivity contribution in [2.45, 2.75) is 13.5 Å². The number of nitrogens with one attached hydrogen (secondary N) is 1. The van der Waals surface area contributed by atoms with Gasteiger partial charge in [-0.15, -0.1) is 0 Å². The van der Waals surface area contributed by atoms with Crippen LogP contribution in [0.3, 0.4) is 0 Å². The molecule has 1 aromatic rings. The molecule has 0 saturated heterocycles. The Labute approximate surface area is 112 Å². The third kappa shape index (κ3) is 4.66. The summed E-state index contributed by atoms with van der Waals surface area (Å²) < 4.78 is 6.15. The summed E-state index contributed by atoms with van der Waals surface area (Å²) in [4.78, 5) is 2.22. The predicted molar refractivity (Wildman–Crippen MR) is 76.7 cm³/mol. The fraction of sp³-hybridized carbons (Fsp3) is 0.538. The van der Waals surface area contributed by atoms with Crippen molar-refractivity contribution in [1.82, 2.24) is 5.32 Å². The van der Waals surface area contributed by atoms with E-state index in [0.29, 0.717) is 0 Å². The lowest BCUT2D eigenvalue weighted by molar-refractivity contribution is 0.199. The van der Waals surface area contributed by atoms with Crippen molar-refractivity contribution >= 4 is 21.6 Å². The van der Waals surface area contributed by atoms with Gasteiger partial charge in [-0.25, -0.2) is 0 Å². The lowest BCUT2D eigenvalue weighted by Gasteiger charge is -2.18. The van der Waals surface area contributed by atoms with Gasteiger partial charge in [0.25, 0.3) is 0 Å². The number of hydrogen-bond acceptors (Lipinski definition) is 3. The van der Waals surface area contributed by atoms with Crippen LogP contribution >= 0.6 is 15.9 Å². The van der Waals surface area contributed by atoms with Crippen LogP contribution in [-0.2, 0) is 11.3 Å². The summed E-state index contributed by atoms with van der Waals surface area (Å²) in [5, 5.41) is 3.34. The first-order chi connectivity index (χ1) is 8.19. The van der Waals surface area contributed by atoms with Gasteiger partial charge in [0, 0.05) is 44.0 Å². The Bertz CT molecular complexity index is 344. The summed E-state index contributed by atoms with van der Waals surface area (Å²) in [7, 11) is 3.81. The summed E-state index contributed by atoms with van der Waals surface area (Å²) in [6.07, 6.45) is 0. The number of hydrogen-bond donors (Lipinski definition) is 1. The quantitative estimate of drug-likeness (QED) is 0.784. The van der Waals surface area contributed by atoms with E-state index in [9.17, 15) is 0 Å². The van der Waals surface area contributed by atoms with Gasteiger partial charge in [-0.2, -0.15) is 0 Å². The zero-order valence-corrected chi connectivity index (χ0v) is 12.4. The number of anilines is 1. The fourth-order valence-electron chi connectivity index (χ4n) is 1.50. The topological polar surface area (TPSA) is 24.5 Å². The number of nitrogens with zero attached hydrogens (tertiary/aromatic N) is 1. The maximum atomic E-state index is 4.99. The summed E-state index contributed by atoms with van der Waals surface area (Å²) in [5.74, 6) is 0. The van der Waals surface area contributed by atoms with E-state index >= 15 is 0 Å². The summed E-state index contributed by atoms with van der Waals surface area (Å²) in [5.41, 5.74) is 2.51. The summed E-state index contributed by atoms with van der Waals surface area (Å²) in [6.45, 7) is 5.64. The Balaban J connectivity index is 2.57. The monoisotopic (exact) mass is 300 g/mol. The molecule has 0 fully saturated rings. The second-order valence-electron chi connectivity index (χ2n) is 3.96. The SMILES string of the molecule is CCN(C)c1ccc(CNCCOC)c(Br)c1. The van der Waals surface area contributed by atoms with Gasteiger partial charge in [-0.05, 0) is 24.6 Å². The molecule has 0 aliphatic carbocycles. The van der Waals surface area contributed by atoms with Crippen LogP contribution in [-0.4, -0.2) is 33.9 Å². The molecule has 0 aliphatic rings. The number of ether oxygens (including phenoxy) is 1. The molecule has 0 aliphatic heterocycles. The molecule has 0 aromatic heterocycles. The molecule has 0 bridgehead atoms. The van der Waals surface area contributed by atoms with E-state index in [1.165, 1.54) is 11.3 Å². The number of rotatable bonds is 7. The van der Waals surface area contributed by atoms with Crippen LogP contribution in [0.5, 0.6) is 0 Å². The van der Waals surface area contributed by atoms with E-state index in [0.717, 1.165) is 30.7 Å². The van der Waals surface area contributed by atoms with Gasteiger partial charge in [-0.1, -0.05) is 22.0 Å². The summed E-state index contributed by atoms with van der Waals surface area (Å²) >= 11 is 3.62. The minimum atomic E-state index is 0.744. The van der Waals surface area contributed by atoms with E-state index in [4.69, 9.17) is 4.74 Å². The van der Waals surface area contributed by atoms with E-state index in [1.54, 1.807) is 7.11 Å². The van der Waals surface area contributed by atoms with Crippen molar-refractivity contribution in [2.24, 2.45) is 0 Å². The van der Waals surface area contributed by atoms with Crippen LogP contribution in [0.1, 0.15) is 12.5 Å². The van der Waals surface area contributed by atoms with Crippen molar-refractivity contribution in [1.29, 1.82) is 0 Å². The minimum absolute atomic E-state index is 0.744. The van der Waals surface area contributed by atoms with Gasteiger partial charge in [0.15, 0.2) is 0 Å². The second-order valence-corrected chi connectivity index (χ2v) is 4.81. The largest absolute Gasteiger partial charge is 0.383 e. The molecule has 0 unspecified atom stereocenters. The molecule has 0 saturated carbocycles. The van der Waals surface area contributed by atoms with Crippen LogP contribution < -0.4 is 10.2 Å². The van der Waals surface area contributed by atoms with Crippen molar-refractivity contribution in [3.63, 3.8) is 0 Å². The van der Waals surface area contributed by atoms with Gasteiger partial charge in [0.05, 0.1) is 6.61 Å². The molecule has 0 radical (unpaired) electrons. The van der Waals surface area contributed by atoms with E-state index in [-0.39, 0.29) is 0 Å². The van der Waals surface area contributed by atoms with Crippen molar-refractivity contribution in [3.8, 4) is 0 Å². The predicted octanol–water partition coefficient (Wildman–Crippen LogP) is 2.64. The van der Waals surface area contributed by atoms with Gasteiger partial charge in [0.1, 0.15) is 0 Å². The third-order valence-corrected chi connectivity index (χ3v) is 3.49. The van der Waals surface area contributed by atoms with Gasteiger partial charge < -0.3 is 15.0 Å². The van der Waals surface area contributed by atoms with E-state index in [2.05, 4.69) is 58.3 Å². The molecule has 0 amide bonds. The zero-order chi connectivity index (χ0) is 12.7. The maximum absolute atomic E-state index is 4.99.